The first kappa shape index (κ1) is 15.1. The first-order valence-corrected chi connectivity index (χ1v) is 4.81. The maximum atomic E-state index is 10.1. The maximum Gasteiger partial charge on any atom is 1.00 e. The van der Waals surface area contributed by atoms with E-state index in [1.807, 2.05) is 0 Å². The molecule has 12 heavy (non-hydrogen) atoms. The molecule has 6 heteroatoms. The number of hydrogen-bond donors (Lipinski definition) is 1. The van der Waals surface area contributed by atoms with Gasteiger partial charge in [-0.3, -0.25) is 4.55 Å². The molecule has 0 aromatic carbocycles. The molecule has 4 nitrogen and oxygen atoms in total. The summed E-state index contributed by atoms with van der Waals surface area (Å²) in [5, 5.41) is 0. The zero-order valence-corrected chi connectivity index (χ0v) is 10.0. The fourth-order valence-corrected chi connectivity index (χ4v) is 0.993. The third-order valence-electron chi connectivity index (χ3n) is 0.927. The summed E-state index contributed by atoms with van der Waals surface area (Å²) in [6, 6.07) is 0. The molecule has 0 aliphatic carbocycles. The minimum atomic E-state index is -3.82. The summed E-state index contributed by atoms with van der Waals surface area (Å²) in [6.45, 7) is 4.15. The Kier molecular flexibility index (Phi) is 10.3. The van der Waals surface area contributed by atoms with Gasteiger partial charge in [0.2, 0.25) is 0 Å². The zero-order chi connectivity index (χ0) is 8.74. The van der Waals surface area contributed by atoms with Crippen LogP contribution < -0.4 is 29.6 Å². The molecule has 68 valence electrons. The average molecular weight is 204 g/mol. The molecule has 0 saturated carbocycles. The van der Waals surface area contributed by atoms with Crippen molar-refractivity contribution in [2.75, 3.05) is 19.0 Å². The summed E-state index contributed by atoms with van der Waals surface area (Å²) in [5.41, 5.74) is 0. The van der Waals surface area contributed by atoms with Crippen LogP contribution in [0.25, 0.3) is 0 Å². The minimum absolute atomic E-state index is 0. The van der Waals surface area contributed by atoms with E-state index >= 15 is 0 Å². The molecule has 1 N–H and O–H groups in total. The van der Waals surface area contributed by atoms with E-state index in [4.69, 9.17) is 9.29 Å². The van der Waals surface area contributed by atoms with Gasteiger partial charge in [0, 0.05) is 6.61 Å². The van der Waals surface area contributed by atoms with Crippen molar-refractivity contribution < 1.29 is 48.7 Å². The third-order valence-corrected chi connectivity index (χ3v) is 1.73. The Balaban J connectivity index is -0.000000500. The molecule has 0 aliphatic rings. The fraction of sp³-hybridized carbons (Fsp3) is 0.667. The summed E-state index contributed by atoms with van der Waals surface area (Å²) >= 11 is 0. The first-order chi connectivity index (χ1) is 5.06. The van der Waals surface area contributed by atoms with Crippen LogP contribution in [-0.4, -0.2) is 31.9 Å². The molecule has 0 spiro atoms. The molecule has 0 amide bonds. The molecule has 0 radical (unpaired) electrons. The van der Waals surface area contributed by atoms with Crippen molar-refractivity contribution in [1.82, 2.24) is 0 Å². The van der Waals surface area contributed by atoms with Crippen LogP contribution in [0.1, 0.15) is 7.85 Å². The Bertz CT molecular complexity index is 205. The van der Waals surface area contributed by atoms with Gasteiger partial charge in [-0.2, -0.15) is 8.42 Å². The summed E-state index contributed by atoms with van der Waals surface area (Å²) in [6.07, 6.45) is 1.89. The molecule has 0 unspecified atom stereocenters. The van der Waals surface area contributed by atoms with Crippen LogP contribution in [0.4, 0.5) is 0 Å². The summed E-state index contributed by atoms with van der Waals surface area (Å²) in [4.78, 5) is 0. The van der Waals surface area contributed by atoms with Crippen LogP contribution in [0.3, 0.4) is 0 Å². The number of ether oxygens (including phenoxy) is 1. The second kappa shape index (κ2) is 8.22. The standard InChI is InChI=1S/C6H12O4S.Na.H/c1-2-4-10-5-3-6-11(7,8)9;;/h2H,1,3-6H2,(H,7,8,9);;/q;+1;-1. The van der Waals surface area contributed by atoms with Gasteiger partial charge < -0.3 is 6.16 Å². The number of rotatable bonds is 6. The van der Waals surface area contributed by atoms with Crippen LogP contribution in [0, 0.1) is 0 Å². The van der Waals surface area contributed by atoms with Gasteiger partial charge in [-0.25, -0.2) is 0 Å². The second-order valence-electron chi connectivity index (χ2n) is 2.00. The largest absolute Gasteiger partial charge is 1.00 e. The van der Waals surface area contributed by atoms with Gasteiger partial charge >= 0.3 is 29.6 Å². The molecule has 0 fully saturated rings. The summed E-state index contributed by atoms with van der Waals surface area (Å²) in [5.74, 6) is -0.246. The van der Waals surface area contributed by atoms with Gasteiger partial charge in [-0.15, -0.1) is 6.58 Å². The monoisotopic (exact) mass is 204 g/mol. The molecule has 0 heterocycles. The first-order valence-electron chi connectivity index (χ1n) is 3.20. The Morgan fingerprint density at radius 1 is 1.58 bits per heavy atom. The molecule has 0 saturated heterocycles. The molecular formula is C6H13NaO4S. The Morgan fingerprint density at radius 2 is 2.17 bits per heavy atom. The van der Waals surface area contributed by atoms with E-state index in [2.05, 4.69) is 6.58 Å². The number of hydrogen-bond acceptors (Lipinski definition) is 3. The van der Waals surface area contributed by atoms with Crippen LogP contribution in [0.15, 0.2) is 12.7 Å². The average Bonchev–Trinajstić information content (AvgIpc) is 1.85. The Hall–Kier alpha value is 0.610. The van der Waals surface area contributed by atoms with Gasteiger partial charge in [-0.1, -0.05) is 6.08 Å². The molecule has 0 bridgehead atoms. The predicted molar refractivity (Wildman–Crippen MR) is 43.2 cm³/mol. The van der Waals surface area contributed by atoms with Crippen molar-refractivity contribution in [3.8, 4) is 0 Å². The van der Waals surface area contributed by atoms with Crippen molar-refractivity contribution in [3.63, 3.8) is 0 Å². The van der Waals surface area contributed by atoms with Crippen molar-refractivity contribution in [2.45, 2.75) is 6.42 Å². The molecule has 0 aliphatic heterocycles. The van der Waals surface area contributed by atoms with Crippen LogP contribution in [0.2, 0.25) is 0 Å². The van der Waals surface area contributed by atoms with E-state index in [0.29, 0.717) is 19.6 Å². The topological polar surface area (TPSA) is 63.6 Å². The van der Waals surface area contributed by atoms with Crippen molar-refractivity contribution in [1.29, 1.82) is 0 Å². The fourth-order valence-electron chi connectivity index (χ4n) is 0.510. The molecule has 0 aromatic heterocycles. The van der Waals surface area contributed by atoms with Crippen molar-refractivity contribution in [2.24, 2.45) is 0 Å². The Labute approximate surface area is 96.5 Å². The zero-order valence-electron chi connectivity index (χ0n) is 8.19. The Morgan fingerprint density at radius 3 is 2.58 bits per heavy atom. The summed E-state index contributed by atoms with van der Waals surface area (Å²) < 4.78 is 33.4. The van der Waals surface area contributed by atoms with Crippen molar-refractivity contribution in [3.05, 3.63) is 12.7 Å². The quantitative estimate of drug-likeness (QED) is 0.226. The second-order valence-corrected chi connectivity index (χ2v) is 3.58. The van der Waals surface area contributed by atoms with E-state index in [1.165, 1.54) is 0 Å². The normalized spacial score (nSPS) is 10.4. The van der Waals surface area contributed by atoms with E-state index in [0.717, 1.165) is 0 Å². The third kappa shape index (κ3) is 13.2. The van der Waals surface area contributed by atoms with E-state index in [9.17, 15) is 8.42 Å². The molecule has 0 aromatic rings. The van der Waals surface area contributed by atoms with Crippen LogP contribution in [-0.2, 0) is 14.9 Å². The summed E-state index contributed by atoms with van der Waals surface area (Å²) in [7, 11) is -3.82. The van der Waals surface area contributed by atoms with E-state index in [-0.39, 0.29) is 36.7 Å². The van der Waals surface area contributed by atoms with Gasteiger partial charge in [0.15, 0.2) is 0 Å². The smallest absolute Gasteiger partial charge is 1.00 e. The minimum Gasteiger partial charge on any atom is -1.00 e. The van der Waals surface area contributed by atoms with Gasteiger partial charge in [0.25, 0.3) is 10.1 Å². The van der Waals surface area contributed by atoms with Gasteiger partial charge in [0.1, 0.15) is 0 Å². The predicted octanol–water partition coefficient (Wildman–Crippen LogP) is -2.42. The molecular weight excluding hydrogens is 191 g/mol. The van der Waals surface area contributed by atoms with Gasteiger partial charge in [0.05, 0.1) is 12.4 Å². The van der Waals surface area contributed by atoms with Crippen molar-refractivity contribution >= 4 is 10.1 Å². The maximum absolute atomic E-state index is 10.1. The van der Waals surface area contributed by atoms with E-state index < -0.39 is 10.1 Å². The van der Waals surface area contributed by atoms with Crippen LogP contribution in [0.5, 0.6) is 0 Å². The SMILES string of the molecule is C=CCOCCCS(=O)(=O)O.[H-].[Na+]. The van der Waals surface area contributed by atoms with Crippen LogP contribution >= 0.6 is 0 Å². The van der Waals surface area contributed by atoms with Gasteiger partial charge in [-0.05, 0) is 6.42 Å². The molecule has 0 rings (SSSR count). The van der Waals surface area contributed by atoms with E-state index in [1.54, 1.807) is 6.08 Å². The molecule has 0 atom stereocenters.